The van der Waals surface area contributed by atoms with Crippen molar-refractivity contribution in [3.05, 3.63) is 0 Å². The predicted molar refractivity (Wildman–Crippen MR) is 48.8 cm³/mol. The van der Waals surface area contributed by atoms with Gasteiger partial charge in [-0.05, 0) is 12.8 Å². The lowest BCUT2D eigenvalue weighted by atomic mass is 10.2. The van der Waals surface area contributed by atoms with Crippen molar-refractivity contribution in [2.45, 2.75) is 30.6 Å². The Bertz CT molecular complexity index is 371. The maximum atomic E-state index is 11.3. The van der Waals surface area contributed by atoms with Gasteiger partial charge in [0.25, 0.3) is 0 Å². The van der Waals surface area contributed by atoms with Crippen LogP contribution in [0.1, 0.15) is 19.3 Å². The molecular weight excluding hydrogens is 226 g/mol. The molecule has 0 aromatic carbocycles. The summed E-state index contributed by atoms with van der Waals surface area (Å²) >= 11 is 0. The number of sulfonamides is 1. The quantitative estimate of drug-likeness (QED) is 0.544. The second-order valence-electron chi connectivity index (χ2n) is 3.35. The number of carbonyl (C=O) groups is 2. The van der Waals surface area contributed by atoms with E-state index in [9.17, 15) is 18.0 Å². The van der Waals surface area contributed by atoms with Crippen LogP contribution in [0.3, 0.4) is 0 Å². The third-order valence-electron chi connectivity index (χ3n) is 1.95. The molecule has 0 aromatic rings. The van der Waals surface area contributed by atoms with Gasteiger partial charge in [-0.2, -0.15) is 0 Å². The molecule has 1 rings (SSSR count). The van der Waals surface area contributed by atoms with Crippen molar-refractivity contribution in [1.82, 2.24) is 4.72 Å². The van der Waals surface area contributed by atoms with Gasteiger partial charge in [0.05, 0.1) is 11.7 Å². The Kier molecular flexibility index (Phi) is 3.30. The summed E-state index contributed by atoms with van der Waals surface area (Å²) < 4.78 is 24.5. The summed E-state index contributed by atoms with van der Waals surface area (Å²) in [7, 11) is -3.67. The van der Waals surface area contributed by atoms with Crippen LogP contribution < -0.4 is 4.72 Å². The zero-order valence-corrected chi connectivity index (χ0v) is 8.53. The van der Waals surface area contributed by atoms with Crippen LogP contribution in [0, 0.1) is 0 Å². The number of nitrogens with one attached hydrogen (secondary N) is 1. The van der Waals surface area contributed by atoms with Gasteiger partial charge < -0.3 is 10.2 Å². The smallest absolute Gasteiger partial charge is 0.322 e. The van der Waals surface area contributed by atoms with Crippen molar-refractivity contribution < 1.29 is 28.2 Å². The maximum absolute atomic E-state index is 11.3. The van der Waals surface area contributed by atoms with E-state index in [2.05, 4.69) is 0 Å². The number of hydrogen-bond acceptors (Lipinski definition) is 4. The molecule has 15 heavy (non-hydrogen) atoms. The molecule has 0 amide bonds. The highest BCUT2D eigenvalue weighted by Gasteiger charge is 2.38. The molecule has 0 spiro atoms. The molecule has 8 heteroatoms. The normalized spacial score (nSPS) is 18.4. The molecule has 1 fully saturated rings. The van der Waals surface area contributed by atoms with Crippen molar-refractivity contribution in [1.29, 1.82) is 0 Å². The molecule has 1 aliphatic carbocycles. The molecule has 1 saturated carbocycles. The van der Waals surface area contributed by atoms with E-state index in [1.165, 1.54) is 0 Å². The monoisotopic (exact) mass is 237 g/mol. The fraction of sp³-hybridized carbons (Fsp3) is 0.714. The van der Waals surface area contributed by atoms with E-state index in [1.54, 1.807) is 0 Å². The summed E-state index contributed by atoms with van der Waals surface area (Å²) in [4.78, 5) is 20.9. The molecule has 3 N–H and O–H groups in total. The van der Waals surface area contributed by atoms with E-state index in [0.29, 0.717) is 12.8 Å². The molecule has 1 atom stereocenters. The van der Waals surface area contributed by atoms with Gasteiger partial charge in [-0.25, -0.2) is 13.1 Å². The second-order valence-corrected chi connectivity index (χ2v) is 5.34. The average Bonchev–Trinajstić information content (AvgIpc) is 2.82. The lowest BCUT2D eigenvalue weighted by Crippen LogP contribution is -2.43. The molecular formula is C7H11NO6S. The van der Waals surface area contributed by atoms with E-state index in [4.69, 9.17) is 10.2 Å². The summed E-state index contributed by atoms with van der Waals surface area (Å²) in [5.41, 5.74) is 0. The Morgan fingerprint density at radius 1 is 1.33 bits per heavy atom. The molecule has 0 radical (unpaired) electrons. The fourth-order valence-electron chi connectivity index (χ4n) is 1.03. The van der Waals surface area contributed by atoms with Crippen LogP contribution in [0.2, 0.25) is 0 Å². The number of carboxylic acid groups (broad SMARTS) is 2. The minimum Gasteiger partial charge on any atom is -0.481 e. The van der Waals surface area contributed by atoms with Gasteiger partial charge >= 0.3 is 11.9 Å². The van der Waals surface area contributed by atoms with Crippen LogP contribution >= 0.6 is 0 Å². The van der Waals surface area contributed by atoms with Crippen LogP contribution in [0.4, 0.5) is 0 Å². The molecule has 0 aliphatic heterocycles. The number of hydrogen-bond donors (Lipinski definition) is 3. The molecule has 1 aliphatic rings. The standard InChI is InChI=1S/C7H11NO6S/c9-6(10)3-5(7(11)12)8-15(13,14)4-1-2-4/h4-5,8H,1-3H2,(H,9,10)(H,11,12). The van der Waals surface area contributed by atoms with E-state index in [0.717, 1.165) is 0 Å². The lowest BCUT2D eigenvalue weighted by molar-refractivity contribution is -0.145. The van der Waals surface area contributed by atoms with Crippen molar-refractivity contribution in [3.63, 3.8) is 0 Å². The fourth-order valence-corrected chi connectivity index (χ4v) is 2.56. The highest BCUT2D eigenvalue weighted by molar-refractivity contribution is 7.90. The van der Waals surface area contributed by atoms with Crippen molar-refractivity contribution >= 4 is 22.0 Å². The van der Waals surface area contributed by atoms with Crippen LogP contribution in [-0.2, 0) is 19.6 Å². The van der Waals surface area contributed by atoms with Gasteiger partial charge in [-0.15, -0.1) is 0 Å². The lowest BCUT2D eigenvalue weighted by Gasteiger charge is -2.11. The van der Waals surface area contributed by atoms with Gasteiger partial charge in [0.1, 0.15) is 6.04 Å². The number of aliphatic carboxylic acids is 2. The summed E-state index contributed by atoms with van der Waals surface area (Å²) in [5.74, 6) is -2.84. The topological polar surface area (TPSA) is 121 Å². The molecule has 0 heterocycles. The van der Waals surface area contributed by atoms with Crippen molar-refractivity contribution in [2.24, 2.45) is 0 Å². The van der Waals surface area contributed by atoms with E-state index >= 15 is 0 Å². The van der Waals surface area contributed by atoms with Gasteiger partial charge in [0.15, 0.2) is 0 Å². The molecule has 0 aromatic heterocycles. The Morgan fingerprint density at radius 2 is 1.87 bits per heavy atom. The summed E-state index contributed by atoms with van der Waals surface area (Å²) in [6.07, 6.45) is 0.227. The summed E-state index contributed by atoms with van der Waals surface area (Å²) in [6.45, 7) is 0. The Balaban J connectivity index is 2.65. The van der Waals surface area contributed by atoms with Crippen LogP contribution in [0.5, 0.6) is 0 Å². The largest absolute Gasteiger partial charge is 0.481 e. The zero-order chi connectivity index (χ0) is 11.6. The second kappa shape index (κ2) is 4.15. The van der Waals surface area contributed by atoms with Crippen LogP contribution in [0.15, 0.2) is 0 Å². The third kappa shape index (κ3) is 3.48. The van der Waals surface area contributed by atoms with Gasteiger partial charge in [0, 0.05) is 0 Å². The predicted octanol–water partition coefficient (Wildman–Crippen LogP) is -1.00. The molecule has 86 valence electrons. The highest BCUT2D eigenvalue weighted by Crippen LogP contribution is 2.27. The first-order valence-electron chi connectivity index (χ1n) is 4.28. The highest BCUT2D eigenvalue weighted by atomic mass is 32.2. The third-order valence-corrected chi connectivity index (χ3v) is 3.91. The van der Waals surface area contributed by atoms with E-state index in [1.807, 2.05) is 4.72 Å². The first-order chi connectivity index (χ1) is 6.83. The molecule has 0 bridgehead atoms. The molecule has 7 nitrogen and oxygen atoms in total. The number of carboxylic acids is 2. The first kappa shape index (κ1) is 11.9. The SMILES string of the molecule is O=C(O)CC(NS(=O)(=O)C1CC1)C(=O)O. The van der Waals surface area contributed by atoms with E-state index < -0.39 is 39.7 Å². The van der Waals surface area contributed by atoms with Crippen molar-refractivity contribution in [2.75, 3.05) is 0 Å². The number of rotatable bonds is 6. The van der Waals surface area contributed by atoms with Crippen LogP contribution in [0.25, 0.3) is 0 Å². The Hall–Kier alpha value is -1.15. The summed E-state index contributed by atoms with van der Waals surface area (Å²) in [5, 5.41) is 16.4. The summed E-state index contributed by atoms with van der Waals surface area (Å²) in [6, 6.07) is -1.59. The first-order valence-corrected chi connectivity index (χ1v) is 5.83. The van der Waals surface area contributed by atoms with Gasteiger partial charge in [-0.3, -0.25) is 9.59 Å². The zero-order valence-electron chi connectivity index (χ0n) is 7.71. The molecule has 1 unspecified atom stereocenters. The average molecular weight is 237 g/mol. The van der Waals surface area contributed by atoms with Crippen LogP contribution in [-0.4, -0.2) is 41.9 Å². The Labute approximate surface area is 86.1 Å². The molecule has 0 saturated heterocycles. The minimum absolute atomic E-state index is 0.495. The van der Waals surface area contributed by atoms with Gasteiger partial charge in [0.2, 0.25) is 10.0 Å². The van der Waals surface area contributed by atoms with Crippen molar-refractivity contribution in [3.8, 4) is 0 Å². The van der Waals surface area contributed by atoms with E-state index in [-0.39, 0.29) is 0 Å². The maximum Gasteiger partial charge on any atom is 0.322 e. The van der Waals surface area contributed by atoms with Gasteiger partial charge in [-0.1, -0.05) is 0 Å². The minimum atomic E-state index is -3.67. The Morgan fingerprint density at radius 3 is 2.20 bits per heavy atom.